The molecule has 0 amide bonds. The molecule has 0 aliphatic rings. The van der Waals surface area contributed by atoms with Crippen molar-refractivity contribution in [2.45, 2.75) is 13.8 Å². The molecule has 2 aromatic rings. The van der Waals surface area contributed by atoms with Crippen molar-refractivity contribution in [2.75, 3.05) is 11.5 Å². The van der Waals surface area contributed by atoms with E-state index in [1.807, 2.05) is 26.0 Å². The van der Waals surface area contributed by atoms with Gasteiger partial charge in [0, 0.05) is 0 Å². The summed E-state index contributed by atoms with van der Waals surface area (Å²) in [7, 11) is 0. The number of nitrogens with two attached hydrogens (primary N) is 2. The maximum Gasteiger partial charge on any atom is 2.00 e. The molecule has 3 heteroatoms. The molecule has 0 saturated carbocycles. The zero-order valence-electron chi connectivity index (χ0n) is 9.82. The molecule has 0 aliphatic carbocycles. The van der Waals surface area contributed by atoms with Crippen LogP contribution in [0.15, 0.2) is 24.3 Å². The zero-order chi connectivity index (χ0) is 11.7. The van der Waals surface area contributed by atoms with Gasteiger partial charge in [-0.05, 0) is 11.4 Å². The Morgan fingerprint density at radius 3 is 1.47 bits per heavy atom. The van der Waals surface area contributed by atoms with Gasteiger partial charge in [0.05, 0.1) is 0 Å². The molecule has 0 aromatic heterocycles. The van der Waals surface area contributed by atoms with Crippen LogP contribution in [0.5, 0.6) is 0 Å². The fourth-order valence-corrected chi connectivity index (χ4v) is 1.53. The van der Waals surface area contributed by atoms with Gasteiger partial charge in [-0.15, -0.1) is 23.3 Å². The minimum absolute atomic E-state index is 0. The predicted octanol–water partition coefficient (Wildman–Crippen LogP) is 2.73. The Morgan fingerprint density at radius 1 is 0.824 bits per heavy atom. The van der Waals surface area contributed by atoms with Crippen LogP contribution in [0.25, 0.3) is 11.1 Å². The van der Waals surface area contributed by atoms with Gasteiger partial charge in [-0.1, -0.05) is 13.8 Å². The third-order valence-electron chi connectivity index (χ3n) is 2.69. The monoisotopic (exact) mass is 402 g/mol. The normalized spacial score (nSPS) is 9.76. The smallest absolute Gasteiger partial charge is 0.436 e. The molecule has 0 bridgehead atoms. The van der Waals surface area contributed by atoms with Crippen LogP contribution in [0.2, 0.25) is 0 Å². The Morgan fingerprint density at radius 2 is 1.18 bits per heavy atom. The van der Waals surface area contributed by atoms with E-state index < -0.39 is 0 Å². The second-order valence-electron chi connectivity index (χ2n) is 3.97. The predicted molar refractivity (Wildman–Crippen MR) is 67.8 cm³/mol. The van der Waals surface area contributed by atoms with Crippen LogP contribution in [0.3, 0.4) is 0 Å². The second-order valence-corrected chi connectivity index (χ2v) is 3.97. The van der Waals surface area contributed by atoms with Crippen molar-refractivity contribution in [3.63, 3.8) is 0 Å². The first kappa shape index (κ1) is 13.7. The fraction of sp³-hybridized carbons (Fsp3) is 0.143. The topological polar surface area (TPSA) is 52.0 Å². The van der Waals surface area contributed by atoms with E-state index in [4.69, 9.17) is 11.5 Å². The summed E-state index contributed by atoms with van der Waals surface area (Å²) in [4.78, 5) is 0. The van der Waals surface area contributed by atoms with Gasteiger partial charge >= 0.3 is 19.8 Å². The average Bonchev–Trinajstić information content (AvgIpc) is 2.26. The Bertz CT molecular complexity index is 486. The van der Waals surface area contributed by atoms with Crippen molar-refractivity contribution < 1.29 is 19.8 Å². The van der Waals surface area contributed by atoms with E-state index >= 15 is 0 Å². The molecule has 2 aromatic carbocycles. The maximum atomic E-state index is 5.76. The standard InChI is InChI=1S/C14H14N2.Os/c1-9-7-11(3-5-13(9)15)12-4-6-14(16)10(2)8-12;/h5-8H,15-16H2,1-2H3;/q-2;+2. The zero-order valence-corrected chi connectivity index (χ0v) is 12.4. The Labute approximate surface area is 115 Å². The molecule has 0 aliphatic heterocycles. The van der Waals surface area contributed by atoms with Crippen LogP contribution in [-0.4, -0.2) is 0 Å². The molecule has 0 saturated heterocycles. The average molecular weight is 401 g/mol. The molecule has 4 N–H and O–H groups in total. The minimum Gasteiger partial charge on any atom is -0.436 e. The number of anilines is 2. The molecule has 0 spiro atoms. The number of nitrogen functional groups attached to an aromatic ring is 2. The quantitative estimate of drug-likeness (QED) is 0.571. The van der Waals surface area contributed by atoms with E-state index in [9.17, 15) is 0 Å². The summed E-state index contributed by atoms with van der Waals surface area (Å²) in [5.74, 6) is 0. The van der Waals surface area contributed by atoms with E-state index in [0.717, 1.165) is 33.6 Å². The number of rotatable bonds is 1. The van der Waals surface area contributed by atoms with Gasteiger partial charge in [0.1, 0.15) is 0 Å². The van der Waals surface area contributed by atoms with Crippen LogP contribution in [-0.2, 0) is 19.8 Å². The van der Waals surface area contributed by atoms with Crippen molar-refractivity contribution >= 4 is 11.4 Å². The largest absolute Gasteiger partial charge is 2.00 e. The van der Waals surface area contributed by atoms with E-state index in [0.29, 0.717) is 0 Å². The first-order chi connectivity index (χ1) is 7.58. The molecular formula is C14H14N2Os. The number of benzene rings is 2. The molecule has 0 atom stereocenters. The minimum atomic E-state index is 0. The Hall–Kier alpha value is -1.32. The fourth-order valence-electron chi connectivity index (χ4n) is 1.53. The molecule has 0 heterocycles. The molecular weight excluding hydrogens is 386 g/mol. The second kappa shape index (κ2) is 5.34. The Kier molecular flexibility index (Phi) is 4.31. The third-order valence-corrected chi connectivity index (χ3v) is 2.69. The molecule has 2 nitrogen and oxygen atoms in total. The summed E-state index contributed by atoms with van der Waals surface area (Å²) >= 11 is 0. The van der Waals surface area contributed by atoms with Crippen molar-refractivity contribution in [3.05, 3.63) is 47.5 Å². The maximum absolute atomic E-state index is 5.76. The molecule has 88 valence electrons. The van der Waals surface area contributed by atoms with Crippen LogP contribution in [0.4, 0.5) is 11.4 Å². The van der Waals surface area contributed by atoms with Crippen molar-refractivity contribution in [2.24, 2.45) is 0 Å². The van der Waals surface area contributed by atoms with Gasteiger partial charge in [-0.2, -0.15) is 24.3 Å². The number of hydrogen-bond donors (Lipinski definition) is 2. The number of aryl methyl sites for hydroxylation is 2. The molecule has 17 heavy (non-hydrogen) atoms. The van der Waals surface area contributed by atoms with Crippen LogP contribution in [0.1, 0.15) is 11.1 Å². The summed E-state index contributed by atoms with van der Waals surface area (Å²) in [5.41, 5.74) is 17.1. The van der Waals surface area contributed by atoms with Gasteiger partial charge in [0.2, 0.25) is 0 Å². The number of hydrogen-bond acceptors (Lipinski definition) is 2. The summed E-state index contributed by atoms with van der Waals surface area (Å²) in [6.45, 7) is 3.97. The molecule has 2 rings (SSSR count). The summed E-state index contributed by atoms with van der Waals surface area (Å²) < 4.78 is 0. The van der Waals surface area contributed by atoms with Crippen molar-refractivity contribution in [1.29, 1.82) is 0 Å². The van der Waals surface area contributed by atoms with Gasteiger partial charge < -0.3 is 11.5 Å². The van der Waals surface area contributed by atoms with E-state index in [1.165, 1.54) is 0 Å². The van der Waals surface area contributed by atoms with Crippen LogP contribution < -0.4 is 11.5 Å². The van der Waals surface area contributed by atoms with Gasteiger partial charge in [-0.3, -0.25) is 0 Å². The molecule has 0 fully saturated rings. The summed E-state index contributed by atoms with van der Waals surface area (Å²) in [6.07, 6.45) is 0. The van der Waals surface area contributed by atoms with Crippen molar-refractivity contribution in [3.8, 4) is 11.1 Å². The van der Waals surface area contributed by atoms with Crippen LogP contribution >= 0.6 is 0 Å². The Balaban J connectivity index is 0.00000144. The first-order valence-electron chi connectivity index (χ1n) is 5.14. The molecule has 0 unspecified atom stereocenters. The van der Waals surface area contributed by atoms with E-state index in [1.54, 1.807) is 12.1 Å². The van der Waals surface area contributed by atoms with Crippen molar-refractivity contribution in [1.82, 2.24) is 0 Å². The SMILES string of the molecule is Cc1cc(-c2[c-]cc(N)c(C)c2)[c-]cc1N.[Os+2]. The van der Waals surface area contributed by atoms with E-state index in [-0.39, 0.29) is 19.8 Å². The summed E-state index contributed by atoms with van der Waals surface area (Å²) in [5, 5.41) is 0. The first-order valence-corrected chi connectivity index (χ1v) is 5.14. The molecule has 0 radical (unpaired) electrons. The van der Waals surface area contributed by atoms with Crippen LogP contribution in [0, 0.1) is 26.0 Å². The summed E-state index contributed by atoms with van der Waals surface area (Å²) in [6, 6.07) is 13.9. The van der Waals surface area contributed by atoms with Gasteiger partial charge in [0.15, 0.2) is 0 Å². The van der Waals surface area contributed by atoms with Gasteiger partial charge in [-0.25, -0.2) is 11.1 Å². The van der Waals surface area contributed by atoms with E-state index in [2.05, 4.69) is 12.1 Å². The van der Waals surface area contributed by atoms with Gasteiger partial charge in [0.25, 0.3) is 0 Å². The third kappa shape index (κ3) is 2.87.